The Bertz CT molecular complexity index is 804. The summed E-state index contributed by atoms with van der Waals surface area (Å²) in [5, 5.41) is 0.497. The van der Waals surface area contributed by atoms with Gasteiger partial charge in [0.25, 0.3) is 5.91 Å². The number of carbonyl (C=O) groups is 2. The third-order valence-electron chi connectivity index (χ3n) is 5.34. The Morgan fingerprint density at radius 1 is 1.18 bits per heavy atom. The second-order valence-electron chi connectivity index (χ2n) is 7.37. The molecule has 1 aromatic carbocycles. The van der Waals surface area contributed by atoms with Gasteiger partial charge in [-0.2, -0.15) is 0 Å². The lowest BCUT2D eigenvalue weighted by atomic mass is 9.91. The number of nitrogens with zero attached hydrogens (tertiary/aromatic N) is 3. The smallest absolute Gasteiger partial charge is 0.255 e. The molecule has 5 nitrogen and oxygen atoms in total. The Labute approximate surface area is 171 Å². The van der Waals surface area contributed by atoms with Crippen molar-refractivity contribution in [3.05, 3.63) is 64.9 Å². The molecular weight excluding hydrogens is 374 g/mol. The fourth-order valence-electron chi connectivity index (χ4n) is 3.60. The Kier molecular flexibility index (Phi) is 7.04. The van der Waals surface area contributed by atoms with E-state index in [2.05, 4.69) is 4.98 Å². The van der Waals surface area contributed by atoms with Crippen molar-refractivity contribution in [3.63, 3.8) is 0 Å². The van der Waals surface area contributed by atoms with Crippen LogP contribution in [0, 0.1) is 5.92 Å². The summed E-state index contributed by atoms with van der Waals surface area (Å²) in [7, 11) is 1.83. The number of rotatable bonds is 6. The van der Waals surface area contributed by atoms with Gasteiger partial charge >= 0.3 is 0 Å². The van der Waals surface area contributed by atoms with Crippen molar-refractivity contribution < 1.29 is 9.59 Å². The number of hydrogen-bond donors (Lipinski definition) is 0. The van der Waals surface area contributed by atoms with Gasteiger partial charge in [0.05, 0.1) is 10.6 Å². The van der Waals surface area contributed by atoms with Crippen LogP contribution in [0.3, 0.4) is 0 Å². The number of piperidine rings is 1. The quantitative estimate of drug-likeness (QED) is 0.737. The molecule has 2 aromatic rings. The van der Waals surface area contributed by atoms with E-state index in [4.69, 9.17) is 11.6 Å². The van der Waals surface area contributed by atoms with Gasteiger partial charge in [0.2, 0.25) is 5.91 Å². The van der Waals surface area contributed by atoms with Crippen molar-refractivity contribution in [3.8, 4) is 0 Å². The predicted octanol–water partition coefficient (Wildman–Crippen LogP) is 4.03. The highest BCUT2D eigenvalue weighted by Crippen LogP contribution is 2.25. The first-order chi connectivity index (χ1) is 13.5. The van der Waals surface area contributed by atoms with E-state index in [0.717, 1.165) is 24.8 Å². The molecule has 0 aliphatic carbocycles. The van der Waals surface area contributed by atoms with Crippen LogP contribution in [-0.4, -0.2) is 46.7 Å². The zero-order valence-electron chi connectivity index (χ0n) is 16.2. The molecule has 2 heterocycles. The van der Waals surface area contributed by atoms with Gasteiger partial charge in [0, 0.05) is 45.5 Å². The molecule has 0 N–H and O–H groups in total. The summed E-state index contributed by atoms with van der Waals surface area (Å²) < 4.78 is 0. The third-order valence-corrected chi connectivity index (χ3v) is 5.67. The van der Waals surface area contributed by atoms with E-state index in [1.807, 2.05) is 36.2 Å². The molecule has 6 heteroatoms. The highest BCUT2D eigenvalue weighted by atomic mass is 35.5. The van der Waals surface area contributed by atoms with Crippen LogP contribution in [0.1, 0.15) is 41.6 Å². The Morgan fingerprint density at radius 2 is 1.93 bits per heavy atom. The van der Waals surface area contributed by atoms with Crippen molar-refractivity contribution in [2.45, 2.75) is 32.2 Å². The summed E-state index contributed by atoms with van der Waals surface area (Å²) >= 11 is 6.15. The average molecular weight is 400 g/mol. The van der Waals surface area contributed by atoms with Gasteiger partial charge in [-0.15, -0.1) is 0 Å². The van der Waals surface area contributed by atoms with E-state index in [9.17, 15) is 9.59 Å². The van der Waals surface area contributed by atoms with Gasteiger partial charge in [0.1, 0.15) is 0 Å². The fourth-order valence-corrected chi connectivity index (χ4v) is 3.82. The number of carbonyl (C=O) groups excluding carboxylic acids is 2. The molecular formula is C22H26ClN3O2. The van der Waals surface area contributed by atoms with Crippen LogP contribution in [0.25, 0.3) is 0 Å². The first-order valence-corrected chi connectivity index (χ1v) is 10.1. The van der Waals surface area contributed by atoms with Gasteiger partial charge < -0.3 is 9.80 Å². The van der Waals surface area contributed by atoms with Gasteiger partial charge in [-0.05, 0) is 48.9 Å². The highest BCUT2D eigenvalue weighted by molar-refractivity contribution is 6.33. The molecule has 0 radical (unpaired) electrons. The first kappa shape index (κ1) is 20.3. The molecule has 0 saturated carbocycles. The lowest BCUT2D eigenvalue weighted by Gasteiger charge is -2.32. The molecule has 28 heavy (non-hydrogen) atoms. The minimum atomic E-state index is -0.00340. The number of likely N-dealkylation sites (tertiary alicyclic amines) is 1. The monoisotopic (exact) mass is 399 g/mol. The molecule has 0 atom stereocenters. The maximum Gasteiger partial charge on any atom is 0.255 e. The van der Waals surface area contributed by atoms with Crippen LogP contribution in [-0.2, 0) is 11.3 Å². The first-order valence-electron chi connectivity index (χ1n) is 9.71. The number of amides is 2. The van der Waals surface area contributed by atoms with E-state index >= 15 is 0 Å². The second-order valence-corrected chi connectivity index (χ2v) is 7.77. The molecule has 1 aromatic heterocycles. The molecule has 1 aliphatic rings. The van der Waals surface area contributed by atoms with Crippen LogP contribution in [0.15, 0.2) is 48.8 Å². The van der Waals surface area contributed by atoms with Crippen molar-refractivity contribution in [1.82, 2.24) is 14.8 Å². The number of halogens is 1. The Balaban J connectivity index is 1.42. The summed E-state index contributed by atoms with van der Waals surface area (Å²) in [5.74, 6) is 0.626. The second kappa shape index (κ2) is 9.69. The Hall–Kier alpha value is -2.40. The van der Waals surface area contributed by atoms with Gasteiger partial charge in [-0.3, -0.25) is 14.6 Å². The molecule has 3 rings (SSSR count). The minimum absolute atomic E-state index is 0.00340. The van der Waals surface area contributed by atoms with Crippen molar-refractivity contribution >= 4 is 23.4 Å². The normalized spacial score (nSPS) is 14.7. The maximum atomic E-state index is 12.6. The number of pyridine rings is 1. The summed E-state index contributed by atoms with van der Waals surface area (Å²) in [5.41, 5.74) is 1.60. The van der Waals surface area contributed by atoms with Gasteiger partial charge in [-0.1, -0.05) is 29.8 Å². The molecule has 1 aliphatic heterocycles. The minimum Gasteiger partial charge on any atom is -0.341 e. The SMILES string of the molecule is CN(Cc1cccnc1)C(=O)CCC1CCN(C(=O)c2ccccc2Cl)CC1. The summed E-state index contributed by atoms with van der Waals surface area (Å²) in [6.45, 7) is 2.01. The largest absolute Gasteiger partial charge is 0.341 e. The standard InChI is InChI=1S/C22H26ClN3O2/c1-25(16-18-5-4-12-24-15-18)21(27)9-8-17-10-13-26(14-11-17)22(28)19-6-2-3-7-20(19)23/h2-7,12,15,17H,8-11,13-14,16H2,1H3. The van der Waals surface area contributed by atoms with Crippen molar-refractivity contribution in [2.24, 2.45) is 5.92 Å². The summed E-state index contributed by atoms with van der Waals surface area (Å²) in [6.07, 6.45) is 6.78. The lowest BCUT2D eigenvalue weighted by molar-refractivity contribution is -0.130. The van der Waals surface area contributed by atoms with Crippen molar-refractivity contribution in [1.29, 1.82) is 0 Å². The van der Waals surface area contributed by atoms with Crippen LogP contribution in [0.2, 0.25) is 5.02 Å². The Morgan fingerprint density at radius 3 is 2.61 bits per heavy atom. The number of aromatic nitrogens is 1. The molecule has 1 fully saturated rings. The van der Waals surface area contributed by atoms with Gasteiger partial charge in [-0.25, -0.2) is 0 Å². The van der Waals surface area contributed by atoms with Crippen LogP contribution in [0.5, 0.6) is 0 Å². The van der Waals surface area contributed by atoms with Crippen molar-refractivity contribution in [2.75, 3.05) is 20.1 Å². The van der Waals surface area contributed by atoms with Crippen LogP contribution >= 0.6 is 11.6 Å². The molecule has 1 saturated heterocycles. The van der Waals surface area contributed by atoms with E-state index < -0.39 is 0 Å². The molecule has 148 valence electrons. The molecule has 0 unspecified atom stereocenters. The zero-order chi connectivity index (χ0) is 19.9. The number of hydrogen-bond acceptors (Lipinski definition) is 3. The third kappa shape index (κ3) is 5.32. The number of benzene rings is 1. The fraction of sp³-hybridized carbons (Fsp3) is 0.409. The van der Waals surface area contributed by atoms with E-state index in [-0.39, 0.29) is 11.8 Å². The maximum absolute atomic E-state index is 12.6. The van der Waals surface area contributed by atoms with Crippen LogP contribution in [0.4, 0.5) is 0 Å². The van der Waals surface area contributed by atoms with E-state index in [0.29, 0.717) is 42.6 Å². The highest BCUT2D eigenvalue weighted by Gasteiger charge is 2.25. The van der Waals surface area contributed by atoms with Gasteiger partial charge in [0.15, 0.2) is 0 Å². The summed E-state index contributed by atoms with van der Waals surface area (Å²) in [6, 6.07) is 11.0. The molecule has 0 bridgehead atoms. The summed E-state index contributed by atoms with van der Waals surface area (Å²) in [4.78, 5) is 32.8. The average Bonchev–Trinajstić information content (AvgIpc) is 2.73. The zero-order valence-corrected chi connectivity index (χ0v) is 16.9. The molecule has 0 spiro atoms. The molecule has 2 amide bonds. The van der Waals surface area contributed by atoms with E-state index in [1.165, 1.54) is 0 Å². The predicted molar refractivity (Wildman–Crippen MR) is 110 cm³/mol. The lowest BCUT2D eigenvalue weighted by Crippen LogP contribution is -2.38. The van der Waals surface area contributed by atoms with Crippen LogP contribution < -0.4 is 0 Å². The van der Waals surface area contributed by atoms with E-state index in [1.54, 1.807) is 29.4 Å². The topological polar surface area (TPSA) is 53.5 Å².